The number of allylic oxidation sites excluding steroid dienone is 1. The Bertz CT molecular complexity index is 1430. The Kier molecular flexibility index (Phi) is 8.13. The molecule has 1 saturated carbocycles. The Balaban J connectivity index is 1.19. The van der Waals surface area contributed by atoms with E-state index in [-0.39, 0.29) is 23.1 Å². The molecule has 218 valence electrons. The first-order valence-electron chi connectivity index (χ1n) is 15.3. The number of hydrogen-bond acceptors (Lipinski definition) is 3. The van der Waals surface area contributed by atoms with Crippen LogP contribution in [0.25, 0.3) is 22.4 Å². The monoisotopic (exact) mass is 554 g/mol. The molecule has 0 radical (unpaired) electrons. The third-order valence-corrected chi connectivity index (χ3v) is 9.42. The molecule has 3 aromatic rings. The summed E-state index contributed by atoms with van der Waals surface area (Å²) in [5, 5.41) is 6.19. The summed E-state index contributed by atoms with van der Waals surface area (Å²) in [5.41, 5.74) is 5.68. The van der Waals surface area contributed by atoms with Crippen LogP contribution in [0.4, 0.5) is 11.4 Å². The molecular formula is C35H46N4O2. The molecule has 0 spiro atoms. The number of nitrogens with one attached hydrogen (secondary N) is 3. The molecule has 5 rings (SSSR count). The maximum absolute atomic E-state index is 13.0. The lowest BCUT2D eigenvalue weighted by molar-refractivity contribution is -0.121. The standard InChI is InChI=1S/C35H46N4O2/c1-34(2,3)25-13-7-23(8-14-25)32(40)36-27-17-11-22(12-18-27)31-38-29-20-19-28(21-30(29)39-31)37-33(41)24-9-15-26(16-10-24)35(4,5)6/h7,11-12,17-21,24-26H,8-10,13-16H2,1-6H3,(H,36,40)(H,37,41)(H,38,39). The minimum absolute atomic E-state index is 0.00864. The number of H-pyrrole nitrogens is 1. The molecule has 1 fully saturated rings. The van der Waals surface area contributed by atoms with E-state index >= 15 is 0 Å². The van der Waals surface area contributed by atoms with Crippen molar-refractivity contribution in [3.63, 3.8) is 0 Å². The number of aromatic amines is 1. The number of anilines is 2. The van der Waals surface area contributed by atoms with Gasteiger partial charge in [0.25, 0.3) is 5.91 Å². The molecule has 2 amide bonds. The Hall–Kier alpha value is -3.41. The Labute approximate surface area is 244 Å². The number of amides is 2. The van der Waals surface area contributed by atoms with Gasteiger partial charge in [0.1, 0.15) is 5.82 Å². The van der Waals surface area contributed by atoms with Crippen LogP contribution in [0, 0.1) is 28.6 Å². The molecule has 1 aromatic heterocycles. The van der Waals surface area contributed by atoms with Gasteiger partial charge in [-0.25, -0.2) is 4.98 Å². The fourth-order valence-electron chi connectivity index (χ4n) is 6.44. The van der Waals surface area contributed by atoms with E-state index in [1.807, 2.05) is 42.5 Å². The average Bonchev–Trinajstić information content (AvgIpc) is 3.36. The van der Waals surface area contributed by atoms with Crippen molar-refractivity contribution >= 4 is 34.2 Å². The van der Waals surface area contributed by atoms with Gasteiger partial charge in [-0.1, -0.05) is 47.6 Å². The molecule has 1 unspecified atom stereocenters. The molecule has 2 aromatic carbocycles. The lowest BCUT2D eigenvalue weighted by atomic mass is 9.69. The summed E-state index contributed by atoms with van der Waals surface area (Å²) >= 11 is 0. The first kappa shape index (κ1) is 29.1. The van der Waals surface area contributed by atoms with E-state index in [0.29, 0.717) is 17.3 Å². The van der Waals surface area contributed by atoms with Gasteiger partial charge in [0.05, 0.1) is 11.0 Å². The molecule has 2 aliphatic carbocycles. The van der Waals surface area contributed by atoms with Crippen LogP contribution in [0.3, 0.4) is 0 Å². The highest BCUT2D eigenvalue weighted by Crippen LogP contribution is 2.40. The fourth-order valence-corrected chi connectivity index (χ4v) is 6.44. The second-order valence-electron chi connectivity index (χ2n) is 14.3. The largest absolute Gasteiger partial charge is 0.338 e. The van der Waals surface area contributed by atoms with Crippen molar-refractivity contribution < 1.29 is 9.59 Å². The molecular weight excluding hydrogens is 508 g/mol. The van der Waals surface area contributed by atoms with Gasteiger partial charge in [-0.05, 0) is 110 Å². The van der Waals surface area contributed by atoms with Crippen molar-refractivity contribution in [2.75, 3.05) is 10.6 Å². The number of fused-ring (bicyclic) bond motifs is 1. The van der Waals surface area contributed by atoms with Crippen LogP contribution in [0.2, 0.25) is 0 Å². The summed E-state index contributed by atoms with van der Waals surface area (Å²) in [6.07, 6.45) is 9.09. The molecule has 0 saturated heterocycles. The molecule has 1 heterocycles. The van der Waals surface area contributed by atoms with Gasteiger partial charge in [0, 0.05) is 28.4 Å². The van der Waals surface area contributed by atoms with E-state index in [1.54, 1.807) is 0 Å². The topological polar surface area (TPSA) is 86.9 Å². The summed E-state index contributed by atoms with van der Waals surface area (Å²) < 4.78 is 0. The maximum Gasteiger partial charge on any atom is 0.251 e. The van der Waals surface area contributed by atoms with Crippen LogP contribution < -0.4 is 10.6 Å². The van der Waals surface area contributed by atoms with E-state index in [9.17, 15) is 9.59 Å². The quantitative estimate of drug-likeness (QED) is 0.295. The average molecular weight is 555 g/mol. The highest BCUT2D eigenvalue weighted by Gasteiger charge is 2.32. The van der Waals surface area contributed by atoms with Crippen LogP contribution in [0.1, 0.15) is 86.5 Å². The Morgan fingerprint density at radius 1 is 0.805 bits per heavy atom. The van der Waals surface area contributed by atoms with Gasteiger partial charge in [-0.2, -0.15) is 0 Å². The van der Waals surface area contributed by atoms with Crippen molar-refractivity contribution in [3.8, 4) is 11.4 Å². The first-order valence-corrected chi connectivity index (χ1v) is 15.3. The SMILES string of the molecule is CC(C)(C)C1CC=C(C(=O)Nc2ccc(-c3nc4ccc(NC(=O)C5CCC(C(C)(C)C)CC5)cc4[nH]3)cc2)CC1. The van der Waals surface area contributed by atoms with Crippen LogP contribution in [-0.2, 0) is 9.59 Å². The van der Waals surface area contributed by atoms with E-state index in [1.165, 1.54) is 0 Å². The minimum Gasteiger partial charge on any atom is -0.338 e. The van der Waals surface area contributed by atoms with Crippen molar-refractivity contribution in [1.29, 1.82) is 0 Å². The molecule has 6 heteroatoms. The minimum atomic E-state index is -0.00864. The number of imidazole rings is 1. The van der Waals surface area contributed by atoms with Crippen molar-refractivity contribution in [3.05, 3.63) is 54.1 Å². The zero-order valence-corrected chi connectivity index (χ0v) is 25.6. The molecule has 0 aliphatic heterocycles. The Morgan fingerprint density at radius 2 is 1.46 bits per heavy atom. The Morgan fingerprint density at radius 3 is 2.07 bits per heavy atom. The number of aromatic nitrogens is 2. The van der Waals surface area contributed by atoms with E-state index in [4.69, 9.17) is 4.98 Å². The van der Waals surface area contributed by atoms with Crippen LogP contribution in [-0.4, -0.2) is 21.8 Å². The predicted octanol–water partition coefficient (Wildman–Crippen LogP) is 8.73. The molecule has 0 bridgehead atoms. The zero-order chi connectivity index (χ0) is 29.4. The summed E-state index contributed by atoms with van der Waals surface area (Å²) in [4.78, 5) is 34.0. The van der Waals surface area contributed by atoms with Gasteiger partial charge < -0.3 is 15.6 Å². The first-order chi connectivity index (χ1) is 19.4. The van der Waals surface area contributed by atoms with E-state index < -0.39 is 0 Å². The molecule has 41 heavy (non-hydrogen) atoms. The fraction of sp³-hybridized carbons (Fsp3) is 0.514. The van der Waals surface area contributed by atoms with Crippen molar-refractivity contribution in [2.24, 2.45) is 28.6 Å². The summed E-state index contributed by atoms with van der Waals surface area (Å²) in [6.45, 7) is 13.7. The zero-order valence-electron chi connectivity index (χ0n) is 25.6. The van der Waals surface area contributed by atoms with Gasteiger partial charge in [0.15, 0.2) is 0 Å². The maximum atomic E-state index is 13.0. The van der Waals surface area contributed by atoms with E-state index in [0.717, 1.165) is 84.3 Å². The summed E-state index contributed by atoms with van der Waals surface area (Å²) in [6, 6.07) is 13.6. The highest BCUT2D eigenvalue weighted by atomic mass is 16.2. The normalized spacial score (nSPS) is 21.8. The summed E-state index contributed by atoms with van der Waals surface area (Å²) in [5.74, 6) is 2.25. The van der Waals surface area contributed by atoms with Crippen LogP contribution in [0.15, 0.2) is 54.1 Å². The number of benzene rings is 2. The molecule has 2 aliphatic rings. The van der Waals surface area contributed by atoms with Gasteiger partial charge >= 0.3 is 0 Å². The molecule has 3 N–H and O–H groups in total. The number of rotatable bonds is 5. The number of hydrogen-bond donors (Lipinski definition) is 3. The second-order valence-corrected chi connectivity index (χ2v) is 14.3. The number of carbonyl (C=O) groups is 2. The van der Waals surface area contributed by atoms with Gasteiger partial charge in [-0.3, -0.25) is 9.59 Å². The third kappa shape index (κ3) is 6.91. The highest BCUT2D eigenvalue weighted by molar-refractivity contribution is 6.04. The van der Waals surface area contributed by atoms with Crippen LogP contribution in [0.5, 0.6) is 0 Å². The van der Waals surface area contributed by atoms with E-state index in [2.05, 4.69) is 63.2 Å². The van der Waals surface area contributed by atoms with Crippen molar-refractivity contribution in [1.82, 2.24) is 9.97 Å². The molecule has 6 nitrogen and oxygen atoms in total. The number of nitrogens with zero attached hydrogens (tertiary/aromatic N) is 1. The lowest BCUT2D eigenvalue weighted by Crippen LogP contribution is -2.31. The lowest BCUT2D eigenvalue weighted by Gasteiger charge is -2.36. The second kappa shape index (κ2) is 11.5. The molecule has 1 atom stereocenters. The number of carbonyl (C=O) groups excluding carboxylic acids is 2. The predicted molar refractivity (Wildman–Crippen MR) is 169 cm³/mol. The van der Waals surface area contributed by atoms with Gasteiger partial charge in [-0.15, -0.1) is 0 Å². The smallest absolute Gasteiger partial charge is 0.251 e. The summed E-state index contributed by atoms with van der Waals surface area (Å²) in [7, 11) is 0. The van der Waals surface area contributed by atoms with Crippen LogP contribution >= 0.6 is 0 Å². The van der Waals surface area contributed by atoms with Gasteiger partial charge in [0.2, 0.25) is 5.91 Å². The third-order valence-electron chi connectivity index (χ3n) is 9.42. The van der Waals surface area contributed by atoms with Crippen molar-refractivity contribution in [2.45, 2.75) is 86.5 Å².